The zero-order chi connectivity index (χ0) is 31.3. The predicted molar refractivity (Wildman–Crippen MR) is 154 cm³/mol. The van der Waals surface area contributed by atoms with Gasteiger partial charge in [0, 0.05) is 42.8 Å². The molecule has 230 valence electrons. The maximum Gasteiger partial charge on any atom is 0.430 e. The summed E-state index contributed by atoms with van der Waals surface area (Å²) in [5.41, 5.74) is -4.73. The second kappa shape index (κ2) is 11.8. The molecule has 2 amide bonds. The highest BCUT2D eigenvalue weighted by atomic mass is 35.5. The van der Waals surface area contributed by atoms with Crippen LogP contribution >= 0.6 is 34.8 Å². The molecule has 42 heavy (non-hydrogen) atoms. The van der Waals surface area contributed by atoms with Crippen molar-refractivity contribution in [3.63, 3.8) is 0 Å². The summed E-state index contributed by atoms with van der Waals surface area (Å²) in [6.45, 7) is -0.0557. The Hall–Kier alpha value is -2.05. The number of alkyl halides is 3. The van der Waals surface area contributed by atoms with Crippen molar-refractivity contribution >= 4 is 56.5 Å². The van der Waals surface area contributed by atoms with Crippen LogP contribution in [0.5, 0.6) is 0 Å². The molecular weight excluding hydrogens is 640 g/mol. The Kier molecular flexibility index (Phi) is 9.23. The fraction of sp³-hybridized carbons (Fsp3) is 0.500. The van der Waals surface area contributed by atoms with Crippen molar-refractivity contribution in [1.29, 1.82) is 0 Å². The number of amides is 2. The molecule has 1 N–H and O–H groups in total. The van der Waals surface area contributed by atoms with Crippen molar-refractivity contribution in [3.8, 4) is 0 Å². The average Bonchev–Trinajstić information content (AvgIpc) is 2.91. The normalized spacial score (nSPS) is 19.4. The topological polar surface area (TPSA) is 95.0 Å². The van der Waals surface area contributed by atoms with Gasteiger partial charge in [0.05, 0.1) is 20.7 Å². The van der Waals surface area contributed by atoms with Crippen molar-refractivity contribution < 1.29 is 36.3 Å². The number of hydrogen-bond donors (Lipinski definition) is 1. The number of likely N-dealkylation sites (tertiary alicyclic amines) is 1. The molecule has 2 fully saturated rings. The molecule has 0 aromatic heterocycles. The van der Waals surface area contributed by atoms with Crippen LogP contribution in [0.25, 0.3) is 0 Å². The van der Waals surface area contributed by atoms with E-state index in [1.165, 1.54) is 29.2 Å². The summed E-state index contributed by atoms with van der Waals surface area (Å²) < 4.78 is 69.3. The lowest BCUT2D eigenvalue weighted by Gasteiger charge is -2.47. The molecule has 1 saturated heterocycles. The van der Waals surface area contributed by atoms with Crippen molar-refractivity contribution in [1.82, 2.24) is 9.80 Å². The van der Waals surface area contributed by atoms with Gasteiger partial charge in [-0.1, -0.05) is 34.8 Å². The molecule has 4 rings (SSSR count). The first-order chi connectivity index (χ1) is 19.4. The summed E-state index contributed by atoms with van der Waals surface area (Å²) in [6, 6.07) is 7.00. The van der Waals surface area contributed by atoms with E-state index in [0.29, 0.717) is 38.5 Å². The number of halogens is 6. The van der Waals surface area contributed by atoms with Gasteiger partial charge in [0.15, 0.2) is 9.84 Å². The summed E-state index contributed by atoms with van der Waals surface area (Å²) in [7, 11) is -0.628. The minimum atomic E-state index is -5.33. The van der Waals surface area contributed by atoms with Crippen LogP contribution in [0.15, 0.2) is 41.3 Å². The second-order valence-corrected chi connectivity index (χ2v) is 14.8. The van der Waals surface area contributed by atoms with Gasteiger partial charge < -0.3 is 14.9 Å². The van der Waals surface area contributed by atoms with E-state index in [4.69, 9.17) is 34.8 Å². The number of aliphatic hydroxyl groups is 1. The average molecular weight is 670 g/mol. The Morgan fingerprint density at radius 1 is 0.952 bits per heavy atom. The highest BCUT2D eigenvalue weighted by Gasteiger charge is 2.62. The van der Waals surface area contributed by atoms with E-state index < -0.39 is 38.3 Å². The monoisotopic (exact) mass is 668 g/mol. The number of rotatable bonds is 5. The van der Waals surface area contributed by atoms with Crippen LogP contribution in [0.2, 0.25) is 15.1 Å². The number of hydrogen-bond acceptors (Lipinski definition) is 5. The van der Waals surface area contributed by atoms with Crippen molar-refractivity contribution in [3.05, 3.63) is 62.6 Å². The smallest absolute Gasteiger partial charge is 0.368 e. The van der Waals surface area contributed by atoms with Crippen LogP contribution < -0.4 is 0 Å². The molecule has 1 aliphatic carbocycles. The molecule has 1 unspecified atom stereocenters. The number of carbonyl (C=O) groups excluding carboxylic acids is 2. The first-order valence-electron chi connectivity index (χ1n) is 13.2. The summed E-state index contributed by atoms with van der Waals surface area (Å²) >= 11 is 18.0. The molecular formula is C28H30Cl3F3N2O5S. The summed E-state index contributed by atoms with van der Waals surface area (Å²) in [5, 5.41) is 9.83. The second-order valence-electron chi connectivity index (χ2n) is 11.2. The third kappa shape index (κ3) is 6.13. The van der Waals surface area contributed by atoms with Crippen LogP contribution in [0.4, 0.5) is 13.2 Å². The van der Waals surface area contributed by atoms with Gasteiger partial charge >= 0.3 is 6.18 Å². The van der Waals surface area contributed by atoms with E-state index in [1.54, 1.807) is 14.1 Å². The Bertz CT molecular complexity index is 1460. The largest absolute Gasteiger partial charge is 0.430 e. The van der Waals surface area contributed by atoms with Crippen LogP contribution in [-0.2, 0) is 20.2 Å². The van der Waals surface area contributed by atoms with E-state index in [1.807, 2.05) is 0 Å². The fourth-order valence-corrected chi connectivity index (χ4v) is 8.51. The molecule has 14 heteroatoms. The zero-order valence-electron chi connectivity index (χ0n) is 22.8. The highest BCUT2D eigenvalue weighted by molar-refractivity contribution is 7.92. The number of nitrogens with zero attached hydrogens (tertiary/aromatic N) is 2. The van der Waals surface area contributed by atoms with Gasteiger partial charge in [-0.3, -0.25) is 9.59 Å². The number of benzene rings is 2. The SMILES string of the molecule is CN(C)C(=O)c1ccc(S(=O)(=O)C2CCC3(CC2)CCN(C(=O)C(O)(c2cc(Cl)cc(Cl)c2)C(F)(F)F)CC3)cc1Cl. The van der Waals surface area contributed by atoms with Crippen molar-refractivity contribution in [2.24, 2.45) is 5.41 Å². The molecule has 1 aliphatic heterocycles. The van der Waals surface area contributed by atoms with Gasteiger partial charge in [-0.25, -0.2) is 8.42 Å². The molecule has 1 atom stereocenters. The van der Waals surface area contributed by atoms with Gasteiger partial charge in [-0.2, -0.15) is 13.2 Å². The van der Waals surface area contributed by atoms with Crippen LogP contribution in [-0.4, -0.2) is 73.7 Å². The summed E-state index contributed by atoms with van der Waals surface area (Å²) in [6.07, 6.45) is -2.92. The Labute approximate surface area is 257 Å². The number of sulfone groups is 1. The minimum Gasteiger partial charge on any atom is -0.368 e. The molecule has 2 aromatic rings. The first-order valence-corrected chi connectivity index (χ1v) is 15.9. The lowest BCUT2D eigenvalue weighted by Crippen LogP contribution is -2.58. The Morgan fingerprint density at radius 3 is 1.98 bits per heavy atom. The third-order valence-electron chi connectivity index (χ3n) is 8.45. The molecule has 0 radical (unpaired) electrons. The quantitative estimate of drug-likeness (QED) is 0.414. The van der Waals surface area contributed by atoms with E-state index in [9.17, 15) is 36.3 Å². The molecule has 2 aromatic carbocycles. The highest BCUT2D eigenvalue weighted by Crippen LogP contribution is 2.48. The predicted octanol–water partition coefficient (Wildman–Crippen LogP) is 6.12. The first kappa shape index (κ1) is 32.9. The summed E-state index contributed by atoms with van der Waals surface area (Å²) in [5.74, 6) is -1.86. The number of carbonyl (C=O) groups is 2. The molecule has 7 nitrogen and oxygen atoms in total. The van der Waals surface area contributed by atoms with Crippen LogP contribution in [0, 0.1) is 5.41 Å². The van der Waals surface area contributed by atoms with E-state index in [0.717, 1.165) is 17.0 Å². The molecule has 1 spiro atoms. The van der Waals surface area contributed by atoms with Gasteiger partial charge in [-0.05, 0) is 80.3 Å². The molecule has 0 bridgehead atoms. The van der Waals surface area contributed by atoms with Crippen molar-refractivity contribution in [2.45, 2.75) is 60.4 Å². The molecule has 1 heterocycles. The van der Waals surface area contributed by atoms with Gasteiger partial charge in [0.1, 0.15) is 0 Å². The van der Waals surface area contributed by atoms with E-state index >= 15 is 0 Å². The lowest BCUT2D eigenvalue weighted by molar-refractivity contribution is -0.262. The van der Waals surface area contributed by atoms with Gasteiger partial charge in [-0.15, -0.1) is 0 Å². The van der Waals surface area contributed by atoms with Gasteiger partial charge in [0.2, 0.25) is 0 Å². The van der Waals surface area contributed by atoms with Crippen LogP contribution in [0.1, 0.15) is 54.4 Å². The Morgan fingerprint density at radius 2 is 1.50 bits per heavy atom. The minimum absolute atomic E-state index is 0.0247. The van der Waals surface area contributed by atoms with E-state index in [2.05, 4.69) is 0 Å². The Balaban J connectivity index is 1.44. The molecule has 1 saturated carbocycles. The molecule has 2 aliphatic rings. The zero-order valence-corrected chi connectivity index (χ0v) is 25.9. The maximum atomic E-state index is 14.2. The summed E-state index contributed by atoms with van der Waals surface area (Å²) in [4.78, 5) is 27.8. The van der Waals surface area contributed by atoms with Crippen LogP contribution in [0.3, 0.4) is 0 Å². The fourth-order valence-electron chi connectivity index (χ4n) is 5.88. The maximum absolute atomic E-state index is 14.2. The van der Waals surface area contributed by atoms with E-state index in [-0.39, 0.29) is 49.9 Å². The van der Waals surface area contributed by atoms with Crippen molar-refractivity contribution in [2.75, 3.05) is 27.2 Å². The third-order valence-corrected chi connectivity index (χ3v) is 11.5. The number of piperidine rings is 1. The lowest BCUT2D eigenvalue weighted by atomic mass is 9.68. The van der Waals surface area contributed by atoms with Gasteiger partial charge in [0.25, 0.3) is 17.4 Å². The standard InChI is InChI=1S/C28H30Cl3F3N2O5S/c1-35(2)24(37)22-4-3-21(16-23(22)31)42(40,41)20-5-7-26(8-6-20)9-11-36(12-10-26)25(38)27(39,28(32,33)34)17-13-18(29)15-19(30)14-17/h3-4,13-16,20,39H,5-12H2,1-2H3.